The number of nitrogens with two attached hydrogens (primary N) is 1. The zero-order valence-electron chi connectivity index (χ0n) is 38.1. The van der Waals surface area contributed by atoms with Crippen molar-refractivity contribution in [3.8, 4) is 94.7 Å². The average molecular weight is 895 g/mol. The summed E-state index contributed by atoms with van der Waals surface area (Å²) in [5, 5.41) is 11.6. The lowest BCUT2D eigenvalue weighted by atomic mass is 10.1. The summed E-state index contributed by atoms with van der Waals surface area (Å²) in [6.45, 7) is 5.94. The van der Waals surface area contributed by atoms with E-state index >= 15 is 0 Å². The summed E-state index contributed by atoms with van der Waals surface area (Å²) in [5.74, 6) is 43.9. The molecule has 336 valence electrons. The van der Waals surface area contributed by atoms with E-state index in [1.807, 2.05) is 109 Å². The third kappa shape index (κ3) is 24.5. The number of amides is 1. The van der Waals surface area contributed by atoms with E-state index < -0.39 is 6.09 Å². The van der Waals surface area contributed by atoms with Crippen LogP contribution in [0.1, 0.15) is 72.9 Å². The Hall–Kier alpha value is -9.36. The van der Waals surface area contributed by atoms with Gasteiger partial charge in [0, 0.05) is 53.6 Å². The summed E-state index contributed by atoms with van der Waals surface area (Å²) >= 11 is 0. The normalized spacial score (nSPS) is 8.53. The zero-order valence-corrected chi connectivity index (χ0v) is 38.1. The maximum Gasteiger partial charge on any atom is 0.407 e. The number of aliphatic hydroxyl groups is 1. The van der Waals surface area contributed by atoms with Crippen LogP contribution in [-0.4, -0.2) is 49.4 Å². The highest BCUT2D eigenvalue weighted by Gasteiger charge is 2.04. The number of hydrogen-bond acceptors (Lipinski definition) is 7. The van der Waals surface area contributed by atoms with E-state index in [0.29, 0.717) is 6.54 Å². The minimum Gasteiger partial charge on any atom is -0.445 e. The first-order chi connectivity index (χ1) is 33.4. The number of carbonyl (C=O) groups excluding carboxylic acids is 2. The number of rotatable bonds is 8. The number of benzene rings is 4. The number of aliphatic hydroxyl groups excluding tert-OH is 1. The maximum atomic E-state index is 11.5. The van der Waals surface area contributed by atoms with Crippen LogP contribution in [0.4, 0.5) is 9.59 Å². The molecular formula is C58H50N6O4. The van der Waals surface area contributed by atoms with Crippen molar-refractivity contribution in [3.05, 3.63) is 180 Å². The van der Waals surface area contributed by atoms with Crippen LogP contribution in [0.2, 0.25) is 0 Å². The molecule has 1 amide bonds. The van der Waals surface area contributed by atoms with Gasteiger partial charge in [0.2, 0.25) is 0 Å². The quantitative estimate of drug-likeness (QED) is 0.104. The fourth-order valence-electron chi connectivity index (χ4n) is 4.73. The molecule has 0 bridgehead atoms. The standard InChI is InChI=1S/C26H21NO2.C21H12O.C7H6N4O.C4H11N/c1-2-3-21-27-26(28)29-22-25-19-17-24(18-20-25)16-10-7-5-4-6-9-13-23-14-11-8-12-15-23;22-18-21-16-14-20(15-17-21)13-7-4-2-1-3-6-10-19-11-8-5-9-12-19;12-7(10-3-1-8-5-10)11-4-2-9-6-11;1-2-3-4-5/h8,11-12,14-15,17-20H,2-3,21-22H2,1H3,(H,27,28);5,8-9,11-12,14-17,22H,18H2;1-6H;2-5H2,1H3. The van der Waals surface area contributed by atoms with Gasteiger partial charge in [0.15, 0.2) is 0 Å². The number of imidazole rings is 2. The van der Waals surface area contributed by atoms with Gasteiger partial charge in [-0.3, -0.25) is 9.13 Å². The molecule has 0 saturated heterocycles. The molecule has 6 rings (SSSR count). The third-order valence-electron chi connectivity index (χ3n) is 8.27. The van der Waals surface area contributed by atoms with Gasteiger partial charge in [0.1, 0.15) is 19.3 Å². The number of nitrogens with zero attached hydrogens (tertiary/aromatic N) is 4. The third-order valence-corrected chi connectivity index (χ3v) is 8.27. The molecule has 0 unspecified atom stereocenters. The highest BCUT2D eigenvalue weighted by Crippen LogP contribution is 2.05. The van der Waals surface area contributed by atoms with Crippen LogP contribution >= 0.6 is 0 Å². The van der Waals surface area contributed by atoms with Crippen molar-refractivity contribution in [2.75, 3.05) is 13.1 Å². The largest absolute Gasteiger partial charge is 0.445 e. The molecule has 68 heavy (non-hydrogen) atoms. The Balaban J connectivity index is 0.000000274. The molecule has 4 aromatic carbocycles. The Morgan fingerprint density at radius 1 is 0.559 bits per heavy atom. The van der Waals surface area contributed by atoms with E-state index in [-0.39, 0.29) is 19.2 Å². The van der Waals surface area contributed by atoms with Gasteiger partial charge in [0.25, 0.3) is 0 Å². The zero-order chi connectivity index (χ0) is 48.5. The molecule has 0 aliphatic carbocycles. The Kier molecular flexibility index (Phi) is 27.3. The summed E-state index contributed by atoms with van der Waals surface area (Å²) in [6, 6.07) is 33.9. The molecule has 2 heterocycles. The summed E-state index contributed by atoms with van der Waals surface area (Å²) < 4.78 is 7.91. The van der Waals surface area contributed by atoms with Gasteiger partial charge in [-0.05, 0) is 150 Å². The first-order valence-corrected chi connectivity index (χ1v) is 21.5. The topological polar surface area (TPSA) is 137 Å². The lowest BCUT2D eigenvalue weighted by Gasteiger charge is -2.06. The molecule has 0 fully saturated rings. The van der Waals surface area contributed by atoms with Crippen LogP contribution in [0.25, 0.3) is 0 Å². The predicted octanol–water partition coefficient (Wildman–Crippen LogP) is 8.05. The molecule has 0 spiro atoms. The molecule has 0 aliphatic rings. The highest BCUT2D eigenvalue weighted by molar-refractivity contribution is 5.78. The monoisotopic (exact) mass is 894 g/mol. The summed E-state index contributed by atoms with van der Waals surface area (Å²) in [4.78, 5) is 30.4. The van der Waals surface area contributed by atoms with Crippen molar-refractivity contribution in [3.63, 3.8) is 0 Å². The molecule has 0 aliphatic heterocycles. The van der Waals surface area contributed by atoms with Crippen LogP contribution in [0.5, 0.6) is 0 Å². The highest BCUT2D eigenvalue weighted by atomic mass is 16.5. The second kappa shape index (κ2) is 35.0. The smallest absolute Gasteiger partial charge is 0.407 e. The van der Waals surface area contributed by atoms with Crippen molar-refractivity contribution in [1.29, 1.82) is 0 Å². The second-order valence-corrected chi connectivity index (χ2v) is 13.5. The summed E-state index contributed by atoms with van der Waals surface area (Å²) in [5.41, 5.74) is 10.4. The number of aromatic nitrogens is 4. The number of carbonyl (C=O) groups is 2. The number of unbranched alkanes of at least 4 members (excludes halogenated alkanes) is 2. The van der Waals surface area contributed by atoms with Crippen LogP contribution in [-0.2, 0) is 18.0 Å². The lowest BCUT2D eigenvalue weighted by molar-refractivity contribution is 0.139. The van der Waals surface area contributed by atoms with Crippen molar-refractivity contribution in [2.24, 2.45) is 5.73 Å². The Morgan fingerprint density at radius 3 is 1.31 bits per heavy atom. The summed E-state index contributed by atoms with van der Waals surface area (Å²) in [6.07, 6.45) is 13.1. The first-order valence-electron chi connectivity index (χ1n) is 21.5. The maximum absolute atomic E-state index is 11.5. The molecule has 2 aromatic heterocycles. The fraction of sp³-hybridized carbons (Fsp3) is 0.172. The van der Waals surface area contributed by atoms with Crippen LogP contribution < -0.4 is 11.1 Å². The van der Waals surface area contributed by atoms with Gasteiger partial charge >= 0.3 is 12.1 Å². The van der Waals surface area contributed by atoms with E-state index in [0.717, 1.165) is 52.8 Å². The van der Waals surface area contributed by atoms with Crippen molar-refractivity contribution in [2.45, 2.75) is 52.7 Å². The van der Waals surface area contributed by atoms with E-state index in [1.54, 1.807) is 24.8 Å². The number of alkyl carbamates (subject to hydrolysis) is 1. The van der Waals surface area contributed by atoms with Gasteiger partial charge in [-0.25, -0.2) is 19.6 Å². The molecule has 10 heteroatoms. The Morgan fingerprint density at radius 2 is 0.956 bits per heavy atom. The number of nitrogens with one attached hydrogen (secondary N) is 1. The molecule has 0 radical (unpaired) electrons. The van der Waals surface area contributed by atoms with Gasteiger partial charge in [-0.1, -0.05) is 111 Å². The van der Waals surface area contributed by atoms with Crippen LogP contribution in [0.15, 0.2) is 147 Å². The van der Waals surface area contributed by atoms with Crippen molar-refractivity contribution >= 4 is 12.1 Å². The van der Waals surface area contributed by atoms with Gasteiger partial charge in [0.05, 0.1) is 6.61 Å². The average Bonchev–Trinajstić information content (AvgIpc) is 4.14. The minimum atomic E-state index is -0.396. The van der Waals surface area contributed by atoms with Crippen molar-refractivity contribution < 1.29 is 19.4 Å². The SMILES string of the molecule is CCCCN.CCCCNC(=O)OCc1ccc(C#CC#CC#CC#Cc2ccccc2)cc1.O=C(n1ccnc1)n1ccnc1.OCc1ccc(C#CC#CC#CC#Cc2ccccc2)cc1. The Labute approximate surface area is 400 Å². The predicted molar refractivity (Wildman–Crippen MR) is 268 cm³/mol. The molecule has 4 N–H and O–H groups in total. The number of ether oxygens (including phenoxy) is 1. The number of hydrogen-bond donors (Lipinski definition) is 3. The second-order valence-electron chi connectivity index (χ2n) is 13.5. The summed E-state index contributed by atoms with van der Waals surface area (Å²) in [7, 11) is 0. The van der Waals surface area contributed by atoms with E-state index in [4.69, 9.17) is 15.6 Å². The van der Waals surface area contributed by atoms with E-state index in [9.17, 15) is 9.59 Å². The fourth-order valence-corrected chi connectivity index (χ4v) is 4.73. The minimum absolute atomic E-state index is 0.0348. The molecule has 0 saturated carbocycles. The van der Waals surface area contributed by atoms with Crippen molar-refractivity contribution in [1.82, 2.24) is 24.4 Å². The lowest BCUT2D eigenvalue weighted by Crippen LogP contribution is -2.25. The van der Waals surface area contributed by atoms with Crippen LogP contribution in [0, 0.1) is 94.7 Å². The van der Waals surface area contributed by atoms with Crippen LogP contribution in [0.3, 0.4) is 0 Å². The molecule has 10 nitrogen and oxygen atoms in total. The molecule has 0 atom stereocenters. The van der Waals surface area contributed by atoms with Gasteiger partial charge < -0.3 is 20.9 Å². The first kappa shape index (κ1) is 53.0. The Bertz CT molecular complexity index is 2900. The van der Waals surface area contributed by atoms with Gasteiger partial charge in [-0.15, -0.1) is 0 Å². The van der Waals surface area contributed by atoms with E-state index in [2.05, 4.69) is 124 Å². The molecular weight excluding hydrogens is 845 g/mol. The van der Waals surface area contributed by atoms with E-state index in [1.165, 1.54) is 34.6 Å². The molecule has 6 aromatic rings. The van der Waals surface area contributed by atoms with Gasteiger partial charge in [-0.2, -0.15) is 0 Å².